The number of benzene rings is 1. The van der Waals surface area contributed by atoms with E-state index < -0.39 is 53.3 Å². The van der Waals surface area contributed by atoms with Gasteiger partial charge in [-0.05, 0) is 24.3 Å². The van der Waals surface area contributed by atoms with Gasteiger partial charge in [-0.25, -0.2) is 13.5 Å². The van der Waals surface area contributed by atoms with Crippen molar-refractivity contribution in [1.82, 2.24) is 9.78 Å². The number of halogens is 8. The van der Waals surface area contributed by atoms with E-state index in [1.165, 1.54) is 0 Å². The predicted molar refractivity (Wildman–Crippen MR) is 67.2 cm³/mol. The molecule has 1 aromatic heterocycles. The Hall–Kier alpha value is -2.17. The molecule has 3 rings (SSSR count). The largest absolute Gasteiger partial charge is 0.435 e. The van der Waals surface area contributed by atoms with Crippen molar-refractivity contribution in [3.8, 4) is 5.69 Å². The lowest BCUT2D eigenvalue weighted by molar-refractivity contribution is -0.146. The van der Waals surface area contributed by atoms with Gasteiger partial charge in [-0.3, -0.25) is 0 Å². The van der Waals surface area contributed by atoms with E-state index in [-0.39, 0.29) is 5.69 Å². The molecule has 11 heteroatoms. The zero-order chi connectivity index (χ0) is 18.8. The molecule has 3 nitrogen and oxygen atoms in total. The molecule has 25 heavy (non-hydrogen) atoms. The van der Waals surface area contributed by atoms with Crippen LogP contribution in [0.15, 0.2) is 24.3 Å². The van der Waals surface area contributed by atoms with Crippen molar-refractivity contribution in [2.75, 3.05) is 0 Å². The molecule has 0 aliphatic heterocycles. The van der Waals surface area contributed by atoms with E-state index in [2.05, 4.69) is 5.10 Å². The van der Waals surface area contributed by atoms with Crippen LogP contribution in [-0.2, 0) is 18.8 Å². The summed E-state index contributed by atoms with van der Waals surface area (Å²) in [6.07, 6.45) is -13.7. The molecule has 2 aromatic rings. The van der Waals surface area contributed by atoms with Gasteiger partial charge in [0.05, 0.1) is 23.4 Å². The number of hydrogen-bond donors (Lipinski definition) is 1. The van der Waals surface area contributed by atoms with Crippen LogP contribution in [0, 0.1) is 0 Å². The van der Waals surface area contributed by atoms with Gasteiger partial charge < -0.3 is 5.11 Å². The van der Waals surface area contributed by atoms with Crippen LogP contribution in [0.2, 0.25) is 0 Å². The monoisotopic (exact) mass is 372 g/mol. The van der Waals surface area contributed by atoms with Crippen molar-refractivity contribution >= 4 is 0 Å². The van der Waals surface area contributed by atoms with Gasteiger partial charge in [-0.15, -0.1) is 0 Å². The highest BCUT2D eigenvalue weighted by atomic mass is 19.4. The first-order valence-electron chi connectivity index (χ1n) is 6.75. The summed E-state index contributed by atoms with van der Waals surface area (Å²) in [6, 6.07) is 2.83. The molecule has 0 spiro atoms. The fourth-order valence-electron chi connectivity index (χ4n) is 2.67. The Bertz CT molecular complexity index is 804. The molecule has 0 bridgehead atoms. The normalized spacial score (nSPS) is 20.0. The molecule has 1 N–H and O–H groups in total. The lowest BCUT2D eigenvalue weighted by Gasteiger charge is -2.15. The minimum atomic E-state index is -5.11. The first kappa shape index (κ1) is 17.6. The molecule has 1 aliphatic rings. The van der Waals surface area contributed by atoms with Crippen LogP contribution < -0.4 is 0 Å². The standard InChI is InChI=1S/C14H8F8N2O/c15-12(16)5-8-9(11(12)25)10(14(20,21)22)23-24(8)7-3-1-6(2-4-7)13(17,18)19/h1-4,11,25H,5H2/t11-/m0/s1. The Balaban J connectivity index is 2.15. The molecule has 0 saturated heterocycles. The van der Waals surface area contributed by atoms with E-state index in [4.69, 9.17) is 0 Å². The SMILES string of the molecule is O[C@H]1c2c(C(F)(F)F)nn(-c3ccc(C(F)(F)F)cc3)c2CC1(F)F. The van der Waals surface area contributed by atoms with Gasteiger partial charge in [0.2, 0.25) is 0 Å². The summed E-state index contributed by atoms with van der Waals surface area (Å²) in [5.74, 6) is -3.83. The second-order valence-corrected chi connectivity index (χ2v) is 5.50. The minimum absolute atomic E-state index is 0.260. The van der Waals surface area contributed by atoms with Crippen molar-refractivity contribution in [2.45, 2.75) is 30.8 Å². The summed E-state index contributed by atoms with van der Waals surface area (Å²) >= 11 is 0. The summed E-state index contributed by atoms with van der Waals surface area (Å²) in [5.41, 5.74) is -4.65. The van der Waals surface area contributed by atoms with Gasteiger partial charge in [-0.2, -0.15) is 31.4 Å². The number of alkyl halides is 8. The third-order valence-electron chi connectivity index (χ3n) is 3.81. The molecule has 0 saturated carbocycles. The number of rotatable bonds is 1. The van der Waals surface area contributed by atoms with Gasteiger partial charge in [0.15, 0.2) is 5.69 Å². The molecular weight excluding hydrogens is 364 g/mol. The Labute approximate surface area is 134 Å². The van der Waals surface area contributed by atoms with Gasteiger partial charge in [0, 0.05) is 5.56 Å². The van der Waals surface area contributed by atoms with E-state index in [0.717, 1.165) is 12.1 Å². The molecule has 0 radical (unpaired) electrons. The molecular formula is C14H8F8N2O. The highest BCUT2D eigenvalue weighted by Gasteiger charge is 2.54. The molecule has 1 atom stereocenters. The quantitative estimate of drug-likeness (QED) is 0.765. The summed E-state index contributed by atoms with van der Waals surface area (Å²) in [4.78, 5) is 0. The number of nitrogens with zero attached hydrogens (tertiary/aromatic N) is 2. The van der Waals surface area contributed by atoms with Crippen molar-refractivity contribution in [3.63, 3.8) is 0 Å². The van der Waals surface area contributed by atoms with E-state index >= 15 is 0 Å². The molecule has 1 aliphatic carbocycles. The molecule has 0 amide bonds. The number of aliphatic hydroxyl groups is 1. The summed E-state index contributed by atoms with van der Waals surface area (Å²) in [6.45, 7) is 0. The highest BCUT2D eigenvalue weighted by molar-refractivity contribution is 5.45. The summed E-state index contributed by atoms with van der Waals surface area (Å²) in [7, 11) is 0. The van der Waals surface area contributed by atoms with E-state index in [1.54, 1.807) is 0 Å². The summed E-state index contributed by atoms with van der Waals surface area (Å²) < 4.78 is 105. The van der Waals surface area contributed by atoms with Gasteiger partial charge >= 0.3 is 12.4 Å². The van der Waals surface area contributed by atoms with Gasteiger partial charge in [-0.1, -0.05) is 0 Å². The number of aromatic nitrogens is 2. The van der Waals surface area contributed by atoms with Crippen LogP contribution in [0.25, 0.3) is 5.69 Å². The molecule has 136 valence electrons. The molecule has 1 heterocycles. The van der Waals surface area contributed by atoms with Crippen molar-refractivity contribution in [3.05, 3.63) is 46.8 Å². The second kappa shape index (κ2) is 5.16. The zero-order valence-electron chi connectivity index (χ0n) is 12.0. The third kappa shape index (κ3) is 2.86. The fourth-order valence-corrected chi connectivity index (χ4v) is 2.67. The van der Waals surface area contributed by atoms with Gasteiger partial charge in [0.1, 0.15) is 6.10 Å². The summed E-state index contributed by atoms with van der Waals surface area (Å²) in [5, 5.41) is 12.7. The number of fused-ring (bicyclic) bond motifs is 1. The van der Waals surface area contributed by atoms with E-state index in [1.807, 2.05) is 0 Å². The van der Waals surface area contributed by atoms with E-state index in [0.29, 0.717) is 16.8 Å². The lowest BCUT2D eigenvalue weighted by Crippen LogP contribution is -2.24. The maximum absolute atomic E-state index is 13.6. The smallest absolute Gasteiger partial charge is 0.382 e. The second-order valence-electron chi connectivity index (χ2n) is 5.50. The maximum atomic E-state index is 13.6. The Morgan fingerprint density at radius 1 is 1.00 bits per heavy atom. The van der Waals surface area contributed by atoms with Crippen LogP contribution in [0.3, 0.4) is 0 Å². The van der Waals surface area contributed by atoms with E-state index in [9.17, 15) is 40.2 Å². The Kier molecular flexibility index (Phi) is 3.64. The van der Waals surface area contributed by atoms with Crippen molar-refractivity contribution < 1.29 is 40.2 Å². The third-order valence-corrected chi connectivity index (χ3v) is 3.81. The first-order valence-corrected chi connectivity index (χ1v) is 6.75. The molecule has 0 unspecified atom stereocenters. The van der Waals surface area contributed by atoms with Crippen LogP contribution in [-0.4, -0.2) is 20.8 Å². The fraction of sp³-hybridized carbons (Fsp3) is 0.357. The van der Waals surface area contributed by atoms with Crippen LogP contribution in [0.1, 0.15) is 28.6 Å². The maximum Gasteiger partial charge on any atom is 0.435 e. The number of aliphatic hydroxyl groups excluding tert-OH is 1. The number of hydrogen-bond acceptors (Lipinski definition) is 2. The first-order chi connectivity index (χ1) is 11.3. The highest BCUT2D eigenvalue weighted by Crippen LogP contribution is 2.48. The van der Waals surface area contributed by atoms with Crippen LogP contribution in [0.5, 0.6) is 0 Å². The minimum Gasteiger partial charge on any atom is -0.382 e. The van der Waals surface area contributed by atoms with Gasteiger partial charge in [0.25, 0.3) is 5.92 Å². The lowest BCUT2D eigenvalue weighted by atomic mass is 10.1. The zero-order valence-corrected chi connectivity index (χ0v) is 12.0. The average Bonchev–Trinajstić information content (AvgIpc) is 2.93. The van der Waals surface area contributed by atoms with Crippen LogP contribution >= 0.6 is 0 Å². The average molecular weight is 372 g/mol. The van der Waals surface area contributed by atoms with Crippen LogP contribution in [0.4, 0.5) is 35.1 Å². The Morgan fingerprint density at radius 3 is 2.04 bits per heavy atom. The van der Waals surface area contributed by atoms with Crippen molar-refractivity contribution in [1.29, 1.82) is 0 Å². The molecule has 0 fully saturated rings. The van der Waals surface area contributed by atoms with Crippen molar-refractivity contribution in [2.24, 2.45) is 0 Å². The Morgan fingerprint density at radius 2 is 1.56 bits per heavy atom. The molecule has 1 aromatic carbocycles. The topological polar surface area (TPSA) is 38.1 Å². The predicted octanol–water partition coefficient (Wildman–Crippen LogP) is 4.13.